The number of carbonyl (C=O) groups is 1. The van der Waals surface area contributed by atoms with Crippen molar-refractivity contribution < 1.29 is 26.4 Å². The van der Waals surface area contributed by atoms with Gasteiger partial charge in [-0.2, -0.15) is 13.2 Å². The van der Waals surface area contributed by atoms with Gasteiger partial charge in [0.25, 0.3) is 5.91 Å². The summed E-state index contributed by atoms with van der Waals surface area (Å²) in [6.07, 6.45) is 5.56. The molecule has 35 heavy (non-hydrogen) atoms. The fourth-order valence-corrected chi connectivity index (χ4v) is 5.50. The van der Waals surface area contributed by atoms with Crippen molar-refractivity contribution in [2.24, 2.45) is 5.92 Å². The molecule has 1 N–H and O–H groups in total. The van der Waals surface area contributed by atoms with Crippen molar-refractivity contribution >= 4 is 21.5 Å². The maximum atomic E-state index is 13.0. The van der Waals surface area contributed by atoms with Gasteiger partial charge in [0, 0.05) is 36.2 Å². The maximum absolute atomic E-state index is 13.0. The Morgan fingerprint density at radius 2 is 1.91 bits per heavy atom. The Bertz CT molecular complexity index is 1210. The zero-order chi connectivity index (χ0) is 25.8. The molecule has 0 unspecified atom stereocenters. The van der Waals surface area contributed by atoms with E-state index in [2.05, 4.69) is 15.3 Å². The third-order valence-corrected chi connectivity index (χ3v) is 8.44. The first-order chi connectivity index (χ1) is 16.4. The minimum atomic E-state index is -4.29. The minimum absolute atomic E-state index is 0.0434. The van der Waals surface area contributed by atoms with Crippen LogP contribution in [0.4, 0.5) is 13.2 Å². The highest BCUT2D eigenvalue weighted by Gasteiger charge is 2.36. The number of hydrogen-bond donors (Lipinski definition) is 1. The quantitative estimate of drug-likeness (QED) is 0.544. The Hall–Kier alpha value is -2.73. The van der Waals surface area contributed by atoms with E-state index >= 15 is 0 Å². The molecular weight excluding hydrogens is 483 g/mol. The Kier molecular flexibility index (Phi) is 8.37. The molecule has 8 nitrogen and oxygen atoms in total. The number of aromatic nitrogens is 3. The molecule has 0 aliphatic carbocycles. The van der Waals surface area contributed by atoms with Crippen molar-refractivity contribution in [1.82, 2.24) is 24.6 Å². The predicted octanol–water partition coefficient (Wildman–Crippen LogP) is 3.39. The lowest BCUT2D eigenvalue weighted by atomic mass is 10.0. The highest BCUT2D eigenvalue weighted by atomic mass is 32.2. The van der Waals surface area contributed by atoms with E-state index in [4.69, 9.17) is 0 Å². The van der Waals surface area contributed by atoms with E-state index in [0.717, 1.165) is 5.57 Å². The molecule has 0 bridgehead atoms. The lowest BCUT2D eigenvalue weighted by Gasteiger charge is -2.32. The second-order valence-corrected chi connectivity index (χ2v) is 11.4. The number of amides is 1. The first-order valence-electron chi connectivity index (χ1n) is 11.3. The average molecular weight is 514 g/mol. The number of imidazole rings is 1. The molecule has 0 spiro atoms. The van der Waals surface area contributed by atoms with Crippen LogP contribution in [-0.2, 0) is 9.84 Å². The third kappa shape index (κ3) is 7.14. The number of likely N-dealkylation sites (tertiary alicyclic amines) is 1. The molecule has 0 aromatic carbocycles. The zero-order valence-electron chi connectivity index (χ0n) is 19.9. The molecule has 2 aromatic heterocycles. The fourth-order valence-electron chi connectivity index (χ4n) is 3.89. The molecule has 1 fully saturated rings. The van der Waals surface area contributed by atoms with E-state index in [0.29, 0.717) is 11.3 Å². The fraction of sp³-hybridized carbons (Fsp3) is 0.522. The van der Waals surface area contributed by atoms with Crippen LogP contribution < -0.4 is 5.32 Å². The highest BCUT2D eigenvalue weighted by molar-refractivity contribution is 7.95. The van der Waals surface area contributed by atoms with Crippen molar-refractivity contribution in [3.63, 3.8) is 0 Å². The van der Waals surface area contributed by atoms with Crippen LogP contribution in [0.25, 0.3) is 5.78 Å². The van der Waals surface area contributed by atoms with Crippen LogP contribution in [-0.4, -0.2) is 71.2 Å². The topological polar surface area (TPSA) is 96.7 Å². The largest absolute Gasteiger partial charge is 0.401 e. The number of hydrogen-bond acceptors (Lipinski definition) is 6. The number of carbonyl (C=O) groups excluding carboxylic acids is 1. The third-order valence-electron chi connectivity index (χ3n) is 6.06. The van der Waals surface area contributed by atoms with Gasteiger partial charge < -0.3 is 5.32 Å². The molecule has 1 amide bonds. The molecule has 1 saturated heterocycles. The Labute approximate surface area is 202 Å². The zero-order valence-corrected chi connectivity index (χ0v) is 20.7. The second-order valence-electron chi connectivity index (χ2n) is 8.97. The van der Waals surface area contributed by atoms with Crippen LogP contribution in [0.1, 0.15) is 44.0 Å². The Morgan fingerprint density at radius 3 is 2.54 bits per heavy atom. The maximum Gasteiger partial charge on any atom is 0.401 e. The Morgan fingerprint density at radius 1 is 1.23 bits per heavy atom. The summed E-state index contributed by atoms with van der Waals surface area (Å²) in [7, 11) is -3.64. The lowest BCUT2D eigenvalue weighted by molar-refractivity contribution is -0.147. The van der Waals surface area contributed by atoms with Gasteiger partial charge in [0.2, 0.25) is 5.78 Å². The summed E-state index contributed by atoms with van der Waals surface area (Å²) in [5.41, 5.74) is 1.19. The summed E-state index contributed by atoms with van der Waals surface area (Å²) in [6.45, 7) is 4.75. The van der Waals surface area contributed by atoms with Gasteiger partial charge in [0.1, 0.15) is 0 Å². The number of allylic oxidation sites excluding steroid dienone is 3. The SMILES string of the molecule is CC(=CC=C(CNC(=O)c1cnc2nccn2c1)C(C)C)S(=O)(=O)C1CCN(CC(F)(F)F)CC1. The van der Waals surface area contributed by atoms with Crippen LogP contribution in [0.5, 0.6) is 0 Å². The average Bonchev–Trinajstić information content (AvgIpc) is 3.25. The summed E-state index contributed by atoms with van der Waals surface area (Å²) in [5.74, 6) is 0.206. The molecule has 3 heterocycles. The molecule has 1 aliphatic rings. The van der Waals surface area contributed by atoms with E-state index in [1.165, 1.54) is 24.1 Å². The number of sulfone groups is 1. The molecule has 12 heteroatoms. The predicted molar refractivity (Wildman–Crippen MR) is 126 cm³/mol. The number of nitrogens with zero attached hydrogens (tertiary/aromatic N) is 4. The first-order valence-corrected chi connectivity index (χ1v) is 12.9. The van der Waals surface area contributed by atoms with Gasteiger partial charge in [-0.15, -0.1) is 0 Å². The van der Waals surface area contributed by atoms with E-state index in [1.54, 1.807) is 29.1 Å². The normalized spacial score (nSPS) is 17.3. The molecule has 3 rings (SSSR count). The van der Waals surface area contributed by atoms with Gasteiger partial charge in [0.15, 0.2) is 9.84 Å². The van der Waals surface area contributed by atoms with Gasteiger partial charge in [0.05, 0.1) is 17.4 Å². The standard InChI is InChI=1S/C23H30F3N5O3S/c1-16(2)18(12-28-21(32)19-13-29-22-27-8-11-31(22)14-19)5-4-17(3)35(33,34)20-6-9-30(10-7-20)15-23(24,25)26/h4-5,8,11,13-14,16,20H,6-7,9-10,12,15H2,1-3H3,(H,28,32). The monoisotopic (exact) mass is 513 g/mol. The molecule has 0 radical (unpaired) electrons. The highest BCUT2D eigenvalue weighted by Crippen LogP contribution is 2.26. The van der Waals surface area contributed by atoms with Crippen LogP contribution >= 0.6 is 0 Å². The summed E-state index contributed by atoms with van der Waals surface area (Å²) >= 11 is 0. The number of rotatable bonds is 8. The first kappa shape index (κ1) is 26.9. The number of alkyl halides is 3. The molecule has 1 aliphatic heterocycles. The van der Waals surface area contributed by atoms with Gasteiger partial charge >= 0.3 is 6.18 Å². The van der Waals surface area contributed by atoms with E-state index < -0.39 is 27.8 Å². The smallest absolute Gasteiger partial charge is 0.348 e. The van der Waals surface area contributed by atoms with Gasteiger partial charge in [-0.3, -0.25) is 14.1 Å². The van der Waals surface area contributed by atoms with Gasteiger partial charge in [-0.1, -0.05) is 19.9 Å². The van der Waals surface area contributed by atoms with Crippen molar-refractivity contribution in [3.8, 4) is 0 Å². The second kappa shape index (κ2) is 10.9. The van der Waals surface area contributed by atoms with Crippen LogP contribution in [0.2, 0.25) is 0 Å². The van der Waals surface area contributed by atoms with Crippen molar-refractivity contribution in [3.05, 3.63) is 53.0 Å². The van der Waals surface area contributed by atoms with E-state index in [1.807, 2.05) is 13.8 Å². The van der Waals surface area contributed by atoms with E-state index in [9.17, 15) is 26.4 Å². The van der Waals surface area contributed by atoms with Crippen molar-refractivity contribution in [2.75, 3.05) is 26.2 Å². The molecule has 192 valence electrons. The number of nitrogens with one attached hydrogen (secondary N) is 1. The van der Waals surface area contributed by atoms with Crippen LogP contribution in [0, 0.1) is 5.92 Å². The number of fused-ring (bicyclic) bond motifs is 1. The molecule has 2 aromatic rings. The van der Waals surface area contributed by atoms with E-state index in [-0.39, 0.29) is 49.2 Å². The van der Waals surface area contributed by atoms with Crippen molar-refractivity contribution in [1.29, 1.82) is 0 Å². The summed E-state index contributed by atoms with van der Waals surface area (Å²) in [6, 6.07) is 0. The summed E-state index contributed by atoms with van der Waals surface area (Å²) in [5, 5.41) is 2.13. The van der Waals surface area contributed by atoms with Crippen molar-refractivity contribution in [2.45, 2.75) is 45.0 Å². The van der Waals surface area contributed by atoms with Gasteiger partial charge in [-0.05, 0) is 50.4 Å². The minimum Gasteiger partial charge on any atom is -0.348 e. The molecule has 0 saturated carbocycles. The Balaban J connectivity index is 1.63. The number of piperidine rings is 1. The van der Waals surface area contributed by atoms with Crippen LogP contribution in [0.3, 0.4) is 0 Å². The summed E-state index contributed by atoms with van der Waals surface area (Å²) in [4.78, 5) is 22.1. The number of halogens is 3. The lowest BCUT2D eigenvalue weighted by Crippen LogP contribution is -2.43. The molecule has 0 atom stereocenters. The molecular formula is C23H30F3N5O3S. The van der Waals surface area contributed by atoms with Gasteiger partial charge in [-0.25, -0.2) is 18.4 Å². The van der Waals surface area contributed by atoms with Crippen LogP contribution in [0.15, 0.2) is 47.4 Å². The summed E-state index contributed by atoms with van der Waals surface area (Å²) < 4.78 is 65.4.